The Balaban J connectivity index is 2.44. The summed E-state index contributed by atoms with van der Waals surface area (Å²) in [5, 5.41) is 13.8. The third kappa shape index (κ3) is 3.22. The van der Waals surface area contributed by atoms with Crippen LogP contribution in [0.2, 0.25) is 0 Å². The predicted octanol–water partition coefficient (Wildman–Crippen LogP) is 1.25. The number of hydrogen-bond acceptors (Lipinski definition) is 6. The largest absolute Gasteiger partial charge is 0.373 e. The van der Waals surface area contributed by atoms with E-state index in [9.17, 15) is 14.9 Å². The molecule has 2 heterocycles. The number of nitrogens with one attached hydrogen (secondary N) is 1. The summed E-state index contributed by atoms with van der Waals surface area (Å²) in [5.41, 5.74) is 0.659. The highest BCUT2D eigenvalue weighted by Crippen LogP contribution is 2.14. The van der Waals surface area contributed by atoms with Crippen molar-refractivity contribution in [1.82, 2.24) is 14.5 Å². The van der Waals surface area contributed by atoms with E-state index < -0.39 is 4.92 Å². The highest BCUT2D eigenvalue weighted by atomic mass is 16.6. The predicted molar refractivity (Wildman–Crippen MR) is 77.5 cm³/mol. The van der Waals surface area contributed by atoms with Gasteiger partial charge in [-0.3, -0.25) is 14.9 Å². The maximum Gasteiger partial charge on any atom is 0.288 e. The minimum absolute atomic E-state index is 0.0797. The first-order valence-electron chi connectivity index (χ1n) is 6.28. The molecule has 0 unspecified atom stereocenters. The molecule has 0 bridgehead atoms. The number of anilines is 1. The third-order valence-corrected chi connectivity index (χ3v) is 2.97. The number of nitro groups is 1. The first kappa shape index (κ1) is 14.6. The Labute approximate surface area is 120 Å². The van der Waals surface area contributed by atoms with Crippen molar-refractivity contribution in [3.8, 4) is 0 Å². The van der Waals surface area contributed by atoms with Crippen molar-refractivity contribution in [2.24, 2.45) is 0 Å². The minimum atomic E-state index is -0.512. The van der Waals surface area contributed by atoms with Crippen molar-refractivity contribution >= 4 is 11.5 Å². The summed E-state index contributed by atoms with van der Waals surface area (Å²) in [6.45, 7) is 3.43. The van der Waals surface area contributed by atoms with E-state index in [1.807, 2.05) is 6.92 Å². The van der Waals surface area contributed by atoms with Crippen molar-refractivity contribution in [2.75, 3.05) is 12.4 Å². The van der Waals surface area contributed by atoms with Crippen LogP contribution in [0.25, 0.3) is 0 Å². The summed E-state index contributed by atoms with van der Waals surface area (Å²) >= 11 is 0. The van der Waals surface area contributed by atoms with Crippen molar-refractivity contribution in [2.45, 2.75) is 20.4 Å². The molecule has 0 fully saturated rings. The lowest BCUT2D eigenvalue weighted by molar-refractivity contribution is -0.385. The van der Waals surface area contributed by atoms with E-state index in [0.29, 0.717) is 17.2 Å². The van der Waals surface area contributed by atoms with E-state index in [0.717, 1.165) is 5.69 Å². The van der Waals surface area contributed by atoms with Crippen molar-refractivity contribution in [1.29, 1.82) is 0 Å². The Hall–Kier alpha value is -2.77. The molecule has 0 radical (unpaired) electrons. The van der Waals surface area contributed by atoms with Crippen LogP contribution in [0.1, 0.15) is 17.1 Å². The van der Waals surface area contributed by atoms with E-state index in [-0.39, 0.29) is 17.8 Å². The highest BCUT2D eigenvalue weighted by Gasteiger charge is 2.14. The number of hydrogen-bond donors (Lipinski definition) is 1. The van der Waals surface area contributed by atoms with Gasteiger partial charge in [0.25, 0.3) is 11.2 Å². The van der Waals surface area contributed by atoms with Crippen LogP contribution < -0.4 is 10.9 Å². The Kier molecular flexibility index (Phi) is 3.97. The SMILES string of the molecule is CNc1cc(C)nc(Cn2cc([N+](=O)[O-])c(C)cc2=O)n1. The smallest absolute Gasteiger partial charge is 0.288 e. The van der Waals surface area contributed by atoms with E-state index >= 15 is 0 Å². The van der Waals surface area contributed by atoms with Crippen LogP contribution in [0.4, 0.5) is 11.5 Å². The van der Waals surface area contributed by atoms with Crippen LogP contribution in [0.5, 0.6) is 0 Å². The van der Waals surface area contributed by atoms with E-state index in [2.05, 4.69) is 15.3 Å². The van der Waals surface area contributed by atoms with Gasteiger partial charge in [0, 0.05) is 30.4 Å². The zero-order chi connectivity index (χ0) is 15.6. The van der Waals surface area contributed by atoms with Crippen LogP contribution in [0.3, 0.4) is 0 Å². The average Bonchev–Trinajstić information content (AvgIpc) is 2.40. The summed E-state index contributed by atoms with van der Waals surface area (Å²) in [5.74, 6) is 1.05. The van der Waals surface area contributed by atoms with Crippen molar-refractivity contribution < 1.29 is 4.92 Å². The normalized spacial score (nSPS) is 10.4. The van der Waals surface area contributed by atoms with E-state index in [4.69, 9.17) is 0 Å². The monoisotopic (exact) mass is 289 g/mol. The molecule has 0 aliphatic carbocycles. The molecule has 0 saturated carbocycles. The van der Waals surface area contributed by atoms with E-state index in [1.54, 1.807) is 13.1 Å². The molecule has 8 nitrogen and oxygen atoms in total. The van der Waals surface area contributed by atoms with Crippen LogP contribution in [0.15, 0.2) is 23.1 Å². The summed E-state index contributed by atoms with van der Waals surface area (Å²) in [4.78, 5) is 30.8. The van der Waals surface area contributed by atoms with Gasteiger partial charge >= 0.3 is 0 Å². The molecule has 0 aromatic carbocycles. The average molecular weight is 289 g/mol. The number of pyridine rings is 1. The fourth-order valence-electron chi connectivity index (χ4n) is 1.95. The van der Waals surface area contributed by atoms with Gasteiger partial charge in [0.15, 0.2) is 5.82 Å². The van der Waals surface area contributed by atoms with Crippen molar-refractivity contribution in [3.63, 3.8) is 0 Å². The molecule has 0 saturated heterocycles. The van der Waals surface area contributed by atoms with Crippen LogP contribution in [0, 0.1) is 24.0 Å². The molecule has 0 aliphatic rings. The molecule has 1 N–H and O–H groups in total. The minimum Gasteiger partial charge on any atom is -0.373 e. The Morgan fingerprint density at radius 3 is 2.67 bits per heavy atom. The first-order valence-corrected chi connectivity index (χ1v) is 6.28. The number of aryl methyl sites for hydroxylation is 2. The van der Waals surface area contributed by atoms with Crippen molar-refractivity contribution in [3.05, 3.63) is 55.9 Å². The van der Waals surface area contributed by atoms with Crippen LogP contribution in [-0.2, 0) is 6.54 Å². The molecule has 0 spiro atoms. The maximum absolute atomic E-state index is 11.9. The second-order valence-electron chi connectivity index (χ2n) is 4.63. The van der Waals surface area contributed by atoms with Gasteiger partial charge in [0.1, 0.15) is 5.82 Å². The molecule has 0 atom stereocenters. The zero-order valence-corrected chi connectivity index (χ0v) is 12.0. The molecule has 2 rings (SSSR count). The topological polar surface area (TPSA) is 103 Å². The summed E-state index contributed by atoms with van der Waals surface area (Å²) in [6.07, 6.45) is 1.22. The molecule has 21 heavy (non-hydrogen) atoms. The lowest BCUT2D eigenvalue weighted by Gasteiger charge is -2.08. The van der Waals surface area contributed by atoms with Gasteiger partial charge in [-0.15, -0.1) is 0 Å². The first-order chi connectivity index (χ1) is 9.90. The molecular weight excluding hydrogens is 274 g/mol. The number of nitrogens with zero attached hydrogens (tertiary/aromatic N) is 4. The van der Waals surface area contributed by atoms with Gasteiger partial charge in [-0.25, -0.2) is 9.97 Å². The maximum atomic E-state index is 11.9. The third-order valence-electron chi connectivity index (χ3n) is 2.97. The standard InChI is InChI=1S/C13H15N5O3/c1-8-4-13(19)17(6-10(8)18(20)21)7-12-15-9(2)5-11(14-3)16-12/h4-6H,7H2,1-3H3,(H,14,15,16). The second-order valence-corrected chi connectivity index (χ2v) is 4.63. The summed E-state index contributed by atoms with van der Waals surface area (Å²) < 4.78 is 1.24. The molecule has 8 heteroatoms. The summed E-state index contributed by atoms with van der Waals surface area (Å²) in [6, 6.07) is 3.01. The zero-order valence-electron chi connectivity index (χ0n) is 12.0. The number of aromatic nitrogens is 3. The lowest BCUT2D eigenvalue weighted by atomic mass is 10.2. The van der Waals surface area contributed by atoms with Gasteiger partial charge < -0.3 is 9.88 Å². The van der Waals surface area contributed by atoms with Gasteiger partial charge in [0.2, 0.25) is 0 Å². The second kappa shape index (κ2) is 5.70. The Bertz CT molecular complexity index is 754. The number of rotatable bonds is 4. The van der Waals surface area contributed by atoms with Gasteiger partial charge in [0.05, 0.1) is 17.7 Å². The quantitative estimate of drug-likeness (QED) is 0.671. The fraction of sp³-hybridized carbons (Fsp3) is 0.308. The van der Waals surface area contributed by atoms with E-state index in [1.165, 1.54) is 23.8 Å². The molecule has 0 amide bonds. The molecule has 110 valence electrons. The molecule has 0 aliphatic heterocycles. The Morgan fingerprint density at radius 1 is 1.33 bits per heavy atom. The van der Waals surface area contributed by atoms with Crippen LogP contribution >= 0.6 is 0 Å². The van der Waals surface area contributed by atoms with Gasteiger partial charge in [-0.1, -0.05) is 0 Å². The molecular formula is C13H15N5O3. The Morgan fingerprint density at radius 2 is 2.05 bits per heavy atom. The molecule has 2 aromatic heterocycles. The van der Waals surface area contributed by atoms with Gasteiger partial charge in [-0.05, 0) is 13.8 Å². The highest BCUT2D eigenvalue weighted by molar-refractivity contribution is 5.37. The summed E-state index contributed by atoms with van der Waals surface area (Å²) in [7, 11) is 1.73. The fourth-order valence-corrected chi connectivity index (χ4v) is 1.95. The van der Waals surface area contributed by atoms with Gasteiger partial charge in [-0.2, -0.15) is 0 Å². The molecule has 2 aromatic rings. The lowest BCUT2D eigenvalue weighted by Crippen LogP contribution is -2.22. The van der Waals surface area contributed by atoms with Crippen LogP contribution in [-0.4, -0.2) is 26.5 Å².